The smallest absolute Gasteiger partial charge is 0.133 e. The van der Waals surface area contributed by atoms with Crippen LogP contribution in [0.1, 0.15) is 23.1 Å². The number of benzene rings is 3. The van der Waals surface area contributed by atoms with Crippen molar-refractivity contribution in [3.05, 3.63) is 102 Å². The Morgan fingerprint density at radius 3 is 2.70 bits per heavy atom. The highest BCUT2D eigenvalue weighted by molar-refractivity contribution is 5.66. The van der Waals surface area contributed by atoms with Gasteiger partial charge in [0.25, 0.3) is 0 Å². The molecule has 0 unspecified atom stereocenters. The van der Waals surface area contributed by atoms with Crippen LogP contribution in [0.15, 0.2) is 72.9 Å². The van der Waals surface area contributed by atoms with Crippen molar-refractivity contribution in [1.29, 1.82) is 0 Å². The van der Waals surface area contributed by atoms with Crippen LogP contribution < -0.4 is 10.2 Å². The SMILES string of the molecule is Fc1[c]c(NCc2cccc3c2N(C=Cc2ccccc2)CCC3)ccc1. The Kier molecular flexibility index (Phi) is 5.20. The minimum absolute atomic E-state index is 0.345. The quantitative estimate of drug-likeness (QED) is 0.634. The fourth-order valence-electron chi connectivity index (χ4n) is 3.53. The third-order valence-electron chi connectivity index (χ3n) is 4.81. The van der Waals surface area contributed by atoms with Gasteiger partial charge in [0.15, 0.2) is 0 Å². The van der Waals surface area contributed by atoms with Crippen LogP contribution in [-0.4, -0.2) is 6.54 Å². The first-order chi connectivity index (χ1) is 13.3. The molecule has 0 aliphatic carbocycles. The molecule has 1 N–H and O–H groups in total. The number of para-hydroxylation sites is 1. The van der Waals surface area contributed by atoms with E-state index in [4.69, 9.17) is 0 Å². The molecule has 3 aromatic rings. The second kappa shape index (κ2) is 8.09. The number of hydrogen-bond donors (Lipinski definition) is 1. The fourth-order valence-corrected chi connectivity index (χ4v) is 3.53. The number of halogens is 1. The van der Waals surface area contributed by atoms with E-state index in [2.05, 4.69) is 71.0 Å². The van der Waals surface area contributed by atoms with Crippen LogP contribution in [0.25, 0.3) is 6.08 Å². The number of nitrogens with zero attached hydrogens (tertiary/aromatic N) is 1. The molecule has 0 bridgehead atoms. The predicted octanol–water partition coefficient (Wildman–Crippen LogP) is 5.66. The van der Waals surface area contributed by atoms with Crippen LogP contribution in [0.5, 0.6) is 0 Å². The first kappa shape index (κ1) is 17.3. The van der Waals surface area contributed by atoms with Crippen molar-refractivity contribution in [3.8, 4) is 0 Å². The van der Waals surface area contributed by atoms with Gasteiger partial charge in [-0.25, -0.2) is 4.39 Å². The van der Waals surface area contributed by atoms with E-state index in [1.54, 1.807) is 6.07 Å². The maximum Gasteiger partial charge on any atom is 0.133 e. The van der Waals surface area contributed by atoms with Crippen molar-refractivity contribution in [1.82, 2.24) is 0 Å². The number of rotatable bonds is 5. The summed E-state index contributed by atoms with van der Waals surface area (Å²) in [4.78, 5) is 2.33. The molecule has 0 saturated heterocycles. The molecule has 3 heteroatoms. The summed E-state index contributed by atoms with van der Waals surface area (Å²) in [6.45, 7) is 1.64. The van der Waals surface area contributed by atoms with Crippen molar-refractivity contribution in [2.45, 2.75) is 19.4 Å². The van der Waals surface area contributed by atoms with Gasteiger partial charge in [-0.15, -0.1) is 0 Å². The predicted molar refractivity (Wildman–Crippen MR) is 110 cm³/mol. The molecule has 1 heterocycles. The summed E-state index contributed by atoms with van der Waals surface area (Å²) in [5, 5.41) is 3.30. The molecule has 1 radical (unpaired) electrons. The highest BCUT2D eigenvalue weighted by Crippen LogP contribution is 2.32. The lowest BCUT2D eigenvalue weighted by molar-refractivity contribution is 0.626. The lowest BCUT2D eigenvalue weighted by atomic mass is 9.97. The summed E-state index contributed by atoms with van der Waals surface area (Å²) < 4.78 is 13.4. The minimum atomic E-state index is -0.345. The zero-order valence-corrected chi connectivity index (χ0v) is 15.2. The Morgan fingerprint density at radius 1 is 1.00 bits per heavy atom. The average molecular weight is 357 g/mol. The fraction of sp³-hybridized carbons (Fsp3) is 0.167. The molecular formula is C24H22FN2. The molecule has 1 aliphatic heterocycles. The first-order valence-corrected chi connectivity index (χ1v) is 9.32. The zero-order valence-electron chi connectivity index (χ0n) is 15.2. The van der Waals surface area contributed by atoms with Crippen molar-refractivity contribution < 1.29 is 4.39 Å². The van der Waals surface area contributed by atoms with E-state index in [1.807, 2.05) is 12.1 Å². The van der Waals surface area contributed by atoms with Crippen LogP contribution in [0.2, 0.25) is 0 Å². The molecule has 3 aromatic carbocycles. The maximum absolute atomic E-state index is 13.4. The Morgan fingerprint density at radius 2 is 1.85 bits per heavy atom. The van der Waals surface area contributed by atoms with Gasteiger partial charge in [-0.1, -0.05) is 54.6 Å². The van der Waals surface area contributed by atoms with Crippen LogP contribution >= 0.6 is 0 Å². The normalized spacial score (nSPS) is 13.6. The largest absolute Gasteiger partial charge is 0.380 e. The van der Waals surface area contributed by atoms with E-state index in [0.717, 1.165) is 19.4 Å². The van der Waals surface area contributed by atoms with Gasteiger partial charge in [-0.3, -0.25) is 0 Å². The van der Waals surface area contributed by atoms with E-state index in [-0.39, 0.29) is 5.82 Å². The van der Waals surface area contributed by atoms with Crippen LogP contribution in [0.3, 0.4) is 0 Å². The van der Waals surface area contributed by atoms with E-state index >= 15 is 0 Å². The Labute approximate surface area is 160 Å². The van der Waals surface area contributed by atoms with Crippen LogP contribution in [0, 0.1) is 11.9 Å². The summed E-state index contributed by atoms with van der Waals surface area (Å²) in [5.74, 6) is -0.345. The van der Waals surface area contributed by atoms with Gasteiger partial charge in [-0.05, 0) is 47.7 Å². The highest BCUT2D eigenvalue weighted by atomic mass is 19.1. The number of fused-ring (bicyclic) bond motifs is 1. The Balaban J connectivity index is 1.58. The Bertz CT molecular complexity index is 934. The molecule has 1 aliphatic rings. The van der Waals surface area contributed by atoms with Crippen molar-refractivity contribution in [2.24, 2.45) is 0 Å². The van der Waals surface area contributed by atoms with Gasteiger partial charge in [0.2, 0.25) is 0 Å². The van der Waals surface area contributed by atoms with E-state index in [0.29, 0.717) is 12.2 Å². The summed E-state index contributed by atoms with van der Waals surface area (Å²) in [6.07, 6.45) is 6.55. The molecular weight excluding hydrogens is 335 g/mol. The standard InChI is InChI=1S/C24H22FN2/c25-22-12-5-13-23(17-22)26-18-21-10-4-9-20-11-6-15-27(24(20)21)16-14-19-7-2-1-3-8-19/h1-5,7-10,12-14,16,26H,6,11,15,18H2. The van der Waals surface area contributed by atoms with Gasteiger partial charge in [0.1, 0.15) is 5.82 Å². The van der Waals surface area contributed by atoms with E-state index in [9.17, 15) is 4.39 Å². The average Bonchev–Trinajstić information content (AvgIpc) is 2.71. The van der Waals surface area contributed by atoms with Gasteiger partial charge in [-0.2, -0.15) is 0 Å². The zero-order chi connectivity index (χ0) is 18.5. The van der Waals surface area contributed by atoms with E-state index < -0.39 is 0 Å². The topological polar surface area (TPSA) is 15.3 Å². The summed E-state index contributed by atoms with van der Waals surface area (Å²) in [7, 11) is 0. The molecule has 0 aromatic heterocycles. The molecule has 2 nitrogen and oxygen atoms in total. The number of aryl methyl sites for hydroxylation is 1. The van der Waals surface area contributed by atoms with Gasteiger partial charge in [0.05, 0.1) is 0 Å². The third kappa shape index (κ3) is 4.20. The van der Waals surface area contributed by atoms with Gasteiger partial charge < -0.3 is 10.2 Å². The van der Waals surface area contributed by atoms with Crippen molar-refractivity contribution in [3.63, 3.8) is 0 Å². The Hall–Kier alpha value is -3.07. The lowest BCUT2D eigenvalue weighted by Crippen LogP contribution is -2.25. The maximum atomic E-state index is 13.4. The summed E-state index contributed by atoms with van der Waals surface area (Å²) >= 11 is 0. The van der Waals surface area contributed by atoms with Crippen molar-refractivity contribution in [2.75, 3.05) is 16.8 Å². The van der Waals surface area contributed by atoms with E-state index in [1.165, 1.54) is 28.4 Å². The van der Waals surface area contributed by atoms with Gasteiger partial charge in [0, 0.05) is 36.7 Å². The summed E-state index contributed by atoms with van der Waals surface area (Å²) in [6, 6.07) is 24.4. The molecule has 4 rings (SSSR count). The minimum Gasteiger partial charge on any atom is -0.380 e. The molecule has 0 fully saturated rings. The monoisotopic (exact) mass is 357 g/mol. The lowest BCUT2D eigenvalue weighted by Gasteiger charge is -2.31. The number of nitrogens with one attached hydrogen (secondary N) is 1. The molecule has 0 saturated carbocycles. The molecule has 27 heavy (non-hydrogen) atoms. The third-order valence-corrected chi connectivity index (χ3v) is 4.81. The molecule has 135 valence electrons. The number of hydrogen-bond acceptors (Lipinski definition) is 2. The molecule has 0 atom stereocenters. The highest BCUT2D eigenvalue weighted by Gasteiger charge is 2.18. The molecule has 0 spiro atoms. The van der Waals surface area contributed by atoms with Crippen LogP contribution in [0.4, 0.5) is 15.8 Å². The first-order valence-electron chi connectivity index (χ1n) is 9.32. The van der Waals surface area contributed by atoms with Gasteiger partial charge >= 0.3 is 0 Å². The van der Waals surface area contributed by atoms with Crippen LogP contribution in [-0.2, 0) is 13.0 Å². The van der Waals surface area contributed by atoms with Crippen molar-refractivity contribution >= 4 is 17.5 Å². The molecule has 0 amide bonds. The second-order valence-electron chi connectivity index (χ2n) is 6.71. The summed E-state index contributed by atoms with van der Waals surface area (Å²) in [5.41, 5.74) is 5.70. The number of anilines is 2. The second-order valence-corrected chi connectivity index (χ2v) is 6.71.